The Morgan fingerprint density at radius 3 is 1.16 bits per heavy atom. The number of carbonyl (C=O) groups excluding carboxylic acids is 2. The molecule has 0 fully saturated rings. The van der Waals surface area contributed by atoms with Crippen LogP contribution in [-0.2, 0) is 32.7 Å². The molecule has 0 bridgehead atoms. The van der Waals surface area contributed by atoms with Crippen LogP contribution in [0.4, 0.5) is 0 Å². The van der Waals surface area contributed by atoms with Crippen molar-refractivity contribution in [1.82, 2.24) is 0 Å². The summed E-state index contributed by atoms with van der Waals surface area (Å²) in [6, 6.07) is 0. The molecular weight excluding hydrogens is 930 g/mol. The predicted octanol–water partition coefficient (Wildman–Crippen LogP) is 16.9. The molecule has 0 amide bonds. The molecule has 0 saturated carbocycles. The Morgan fingerprint density at radius 1 is 0.438 bits per heavy atom. The first-order valence-electron chi connectivity index (χ1n) is 28.0. The summed E-state index contributed by atoms with van der Waals surface area (Å²) < 4.78 is 33.9. The largest absolute Gasteiger partial charge is 0.756 e. The summed E-state index contributed by atoms with van der Waals surface area (Å²) >= 11 is 0. The van der Waals surface area contributed by atoms with Crippen molar-refractivity contribution in [3.05, 3.63) is 146 Å². The van der Waals surface area contributed by atoms with Gasteiger partial charge in [-0.15, -0.1) is 0 Å². The van der Waals surface area contributed by atoms with E-state index in [4.69, 9.17) is 18.5 Å². The number of ether oxygens (including phenoxy) is 2. The summed E-state index contributed by atoms with van der Waals surface area (Å²) in [6.07, 6.45) is 77.8. The van der Waals surface area contributed by atoms with Gasteiger partial charge in [-0.3, -0.25) is 14.2 Å². The number of carbonyl (C=O) groups is 2. The monoisotopic (exact) mass is 1030 g/mol. The normalized spacial score (nSPS) is 14.4. The number of hydrogen-bond acceptors (Lipinski definition) is 8. The Morgan fingerprint density at radius 2 is 0.781 bits per heavy atom. The zero-order valence-corrected chi connectivity index (χ0v) is 47.4. The van der Waals surface area contributed by atoms with Gasteiger partial charge in [-0.2, -0.15) is 0 Å². The fourth-order valence-electron chi connectivity index (χ4n) is 6.81. The number of likely N-dealkylation sites (N-methyl/N-ethyl adjacent to an activating group) is 1. The van der Waals surface area contributed by atoms with Crippen molar-refractivity contribution >= 4 is 19.8 Å². The number of hydrogen-bond donors (Lipinski definition) is 0. The molecule has 9 nitrogen and oxygen atoms in total. The molecule has 0 radical (unpaired) electrons. The molecule has 0 aromatic rings. The number of phosphoric ester groups is 1. The van der Waals surface area contributed by atoms with Gasteiger partial charge >= 0.3 is 11.9 Å². The molecule has 0 saturated heterocycles. The summed E-state index contributed by atoms with van der Waals surface area (Å²) in [5.74, 6) is -0.880. The second-order valence-corrected chi connectivity index (χ2v) is 20.6. The van der Waals surface area contributed by atoms with E-state index in [0.29, 0.717) is 17.4 Å². The van der Waals surface area contributed by atoms with Crippen LogP contribution in [0.3, 0.4) is 0 Å². The minimum absolute atomic E-state index is 0.0428. The third-order valence-corrected chi connectivity index (χ3v) is 12.1. The molecular formula is C63H102NO8P. The average molecular weight is 1030 g/mol. The van der Waals surface area contributed by atoms with E-state index in [9.17, 15) is 19.0 Å². The van der Waals surface area contributed by atoms with E-state index in [1.807, 2.05) is 21.1 Å². The van der Waals surface area contributed by atoms with Gasteiger partial charge in [0.1, 0.15) is 19.8 Å². The number of allylic oxidation sites excluding steroid dienone is 24. The molecule has 0 spiro atoms. The van der Waals surface area contributed by atoms with E-state index >= 15 is 0 Å². The van der Waals surface area contributed by atoms with Crippen LogP contribution in [0.25, 0.3) is 0 Å². The van der Waals surface area contributed by atoms with Crippen LogP contribution in [0.15, 0.2) is 146 Å². The Hall–Kier alpha value is -4.11. The molecule has 0 aliphatic heterocycles. The lowest BCUT2D eigenvalue weighted by molar-refractivity contribution is -0.870. The second kappa shape index (κ2) is 52.7. The standard InChI is InChI=1S/C63H102NO8P/c1-6-8-10-12-14-16-17-18-19-20-21-22-23-24-25-26-27-28-29-30-31-32-33-34-35-36-37-38-39-40-41-42-43-44-45-46-47-48-50-52-54-56-63(66)72-61(60-71-73(67,68)70-58-57-64(3,4)5)59-69-62(65)55-53-51-49-15-13-11-9-7-2/h8,10,14,16,18-19,21-22,24-25,27-28,30-31,33-34,36-37,39-40,42-43,45-46,61H,6-7,9,11-13,15,17,20,23,26,29,32,35,38,41,44,47-60H2,1-5H3/b10-8-,16-14-,19-18-,22-21-,25-24-,28-27-,31-30-,34-33-,37-36-,40-39-,43-42-,46-45-. The lowest BCUT2D eigenvalue weighted by Crippen LogP contribution is -2.37. The van der Waals surface area contributed by atoms with Crippen LogP contribution in [0.2, 0.25) is 0 Å². The van der Waals surface area contributed by atoms with Gasteiger partial charge in [0, 0.05) is 12.8 Å². The molecule has 0 aliphatic rings. The van der Waals surface area contributed by atoms with E-state index in [1.165, 1.54) is 25.7 Å². The number of quaternary nitrogens is 1. The summed E-state index contributed by atoms with van der Waals surface area (Å²) in [5.41, 5.74) is 0. The molecule has 0 rings (SSSR count). The molecule has 0 aliphatic carbocycles. The third-order valence-electron chi connectivity index (χ3n) is 11.1. The van der Waals surface area contributed by atoms with Gasteiger partial charge in [0.05, 0.1) is 27.7 Å². The van der Waals surface area contributed by atoms with Crippen molar-refractivity contribution in [3.63, 3.8) is 0 Å². The van der Waals surface area contributed by atoms with E-state index in [-0.39, 0.29) is 26.1 Å². The van der Waals surface area contributed by atoms with E-state index < -0.39 is 32.5 Å². The third kappa shape index (κ3) is 57.0. The topological polar surface area (TPSA) is 111 Å². The van der Waals surface area contributed by atoms with Crippen molar-refractivity contribution in [2.24, 2.45) is 0 Å². The van der Waals surface area contributed by atoms with Gasteiger partial charge in [0.15, 0.2) is 6.10 Å². The predicted molar refractivity (Wildman–Crippen MR) is 309 cm³/mol. The summed E-state index contributed by atoms with van der Waals surface area (Å²) in [4.78, 5) is 37.5. The zero-order chi connectivity index (χ0) is 53.5. The van der Waals surface area contributed by atoms with Crippen LogP contribution in [0.1, 0.15) is 187 Å². The van der Waals surface area contributed by atoms with Gasteiger partial charge in [-0.1, -0.05) is 217 Å². The SMILES string of the molecule is CC/C=C\C/C=C\C/C=C\C/C=C\C/C=C\C/C=C\C/C=C\C/C=C\C/C=C\C/C=C\C/C=C\C/C=C\CCCCCCC(=O)OC(COC(=O)CCCCCCCCCC)COP(=O)([O-])OCC[N+](C)(C)C. The highest BCUT2D eigenvalue weighted by molar-refractivity contribution is 7.45. The van der Waals surface area contributed by atoms with Crippen LogP contribution in [-0.4, -0.2) is 70.0 Å². The molecule has 0 N–H and O–H groups in total. The molecule has 2 atom stereocenters. The molecule has 0 aromatic carbocycles. The molecule has 0 heterocycles. The molecule has 412 valence electrons. The number of phosphoric acid groups is 1. The van der Waals surface area contributed by atoms with Crippen molar-refractivity contribution in [2.75, 3.05) is 47.5 Å². The number of nitrogens with zero attached hydrogens (tertiary/aromatic N) is 1. The minimum Gasteiger partial charge on any atom is -0.756 e. The molecule has 2 unspecified atom stereocenters. The molecule has 10 heteroatoms. The fraction of sp³-hybridized carbons (Fsp3) is 0.587. The zero-order valence-electron chi connectivity index (χ0n) is 46.5. The van der Waals surface area contributed by atoms with E-state index in [2.05, 4.69) is 160 Å². The van der Waals surface area contributed by atoms with Gasteiger partial charge < -0.3 is 27.9 Å². The van der Waals surface area contributed by atoms with Crippen LogP contribution < -0.4 is 4.89 Å². The van der Waals surface area contributed by atoms with Gasteiger partial charge in [-0.05, 0) is 103 Å². The maximum atomic E-state index is 12.7. The first-order chi connectivity index (χ1) is 35.5. The molecule has 0 aromatic heterocycles. The van der Waals surface area contributed by atoms with Crippen LogP contribution in [0, 0.1) is 0 Å². The Kier molecular flexibility index (Phi) is 49.8. The minimum atomic E-state index is -4.64. The van der Waals surface area contributed by atoms with Gasteiger partial charge in [-0.25, -0.2) is 0 Å². The Labute approximate surface area is 446 Å². The number of unbranched alkanes of at least 4 members (excludes halogenated alkanes) is 11. The summed E-state index contributed by atoms with van der Waals surface area (Å²) in [6.45, 7) is 4.02. The maximum Gasteiger partial charge on any atom is 0.306 e. The van der Waals surface area contributed by atoms with Gasteiger partial charge in [0.25, 0.3) is 7.82 Å². The smallest absolute Gasteiger partial charge is 0.306 e. The highest BCUT2D eigenvalue weighted by atomic mass is 31.2. The Balaban J connectivity index is 4.12. The highest BCUT2D eigenvalue weighted by Crippen LogP contribution is 2.38. The number of rotatable bonds is 49. The summed E-state index contributed by atoms with van der Waals surface area (Å²) in [7, 11) is 1.13. The van der Waals surface area contributed by atoms with Crippen molar-refractivity contribution < 1.29 is 42.1 Å². The first-order valence-corrected chi connectivity index (χ1v) is 29.5. The number of esters is 2. The fourth-order valence-corrected chi connectivity index (χ4v) is 7.54. The van der Waals surface area contributed by atoms with Crippen molar-refractivity contribution in [3.8, 4) is 0 Å². The second-order valence-electron chi connectivity index (χ2n) is 19.2. The quantitative estimate of drug-likeness (QED) is 0.0195. The van der Waals surface area contributed by atoms with Crippen LogP contribution >= 0.6 is 7.82 Å². The van der Waals surface area contributed by atoms with Crippen LogP contribution in [0.5, 0.6) is 0 Å². The lowest BCUT2D eigenvalue weighted by atomic mass is 10.1. The first kappa shape index (κ1) is 68.9. The van der Waals surface area contributed by atoms with E-state index in [1.54, 1.807) is 0 Å². The van der Waals surface area contributed by atoms with E-state index in [0.717, 1.165) is 128 Å². The van der Waals surface area contributed by atoms with Crippen molar-refractivity contribution in [2.45, 2.75) is 193 Å². The summed E-state index contributed by atoms with van der Waals surface area (Å²) in [5, 5.41) is 0. The molecule has 73 heavy (non-hydrogen) atoms. The van der Waals surface area contributed by atoms with Crippen molar-refractivity contribution in [1.29, 1.82) is 0 Å². The maximum absolute atomic E-state index is 12.7. The lowest BCUT2D eigenvalue weighted by Gasteiger charge is -2.28. The highest BCUT2D eigenvalue weighted by Gasteiger charge is 2.21. The average Bonchev–Trinajstić information content (AvgIpc) is 3.35. The van der Waals surface area contributed by atoms with Gasteiger partial charge in [0.2, 0.25) is 0 Å². The Bertz CT molecular complexity index is 1740.